The van der Waals surface area contributed by atoms with Crippen LogP contribution in [0.1, 0.15) is 66.5 Å². The summed E-state index contributed by atoms with van der Waals surface area (Å²) in [6, 6.07) is -0.0253. The van der Waals surface area contributed by atoms with E-state index >= 15 is 0 Å². The highest BCUT2D eigenvalue weighted by Gasteiger charge is 2.34. The smallest absolute Gasteiger partial charge is 0.291 e. The molecule has 1 saturated heterocycles. The van der Waals surface area contributed by atoms with Crippen LogP contribution >= 0.6 is 0 Å². The first-order valence-corrected chi connectivity index (χ1v) is 9.82. The van der Waals surface area contributed by atoms with Crippen molar-refractivity contribution in [3.8, 4) is 0 Å². The van der Waals surface area contributed by atoms with E-state index in [0.29, 0.717) is 43.5 Å². The van der Waals surface area contributed by atoms with Crippen molar-refractivity contribution in [1.29, 1.82) is 0 Å². The quantitative estimate of drug-likeness (QED) is 0.746. The number of oxazole rings is 1. The minimum atomic E-state index is -0.177. The number of hydrogen-bond donors (Lipinski definition) is 0. The Balaban J connectivity index is 1.35. The lowest BCUT2D eigenvalue weighted by molar-refractivity contribution is -0.130. The number of hydrogen-bond acceptors (Lipinski definition) is 7. The van der Waals surface area contributed by atoms with Gasteiger partial charge in [0.15, 0.2) is 12.2 Å². The second-order valence-electron chi connectivity index (χ2n) is 7.60. The number of amides is 2. The maximum Gasteiger partial charge on any atom is 0.291 e. The SMILES string of the molecule is CC(=O)N(CCc1noc(C2CCC2)n1)C1CCN(C(=O)c2ocnc2C)C1. The van der Waals surface area contributed by atoms with E-state index in [1.807, 2.05) is 0 Å². The van der Waals surface area contributed by atoms with E-state index in [4.69, 9.17) is 8.94 Å². The van der Waals surface area contributed by atoms with Gasteiger partial charge >= 0.3 is 0 Å². The van der Waals surface area contributed by atoms with E-state index in [9.17, 15) is 9.59 Å². The van der Waals surface area contributed by atoms with Crippen molar-refractivity contribution in [2.45, 2.75) is 57.9 Å². The maximum absolute atomic E-state index is 12.6. The molecule has 0 spiro atoms. The zero-order valence-corrected chi connectivity index (χ0v) is 16.3. The van der Waals surface area contributed by atoms with Gasteiger partial charge in [-0.25, -0.2) is 4.98 Å². The van der Waals surface area contributed by atoms with Crippen LogP contribution in [0.4, 0.5) is 0 Å². The molecule has 1 atom stereocenters. The fourth-order valence-electron chi connectivity index (χ4n) is 3.84. The molecule has 9 nitrogen and oxygen atoms in total. The molecule has 0 radical (unpaired) electrons. The van der Waals surface area contributed by atoms with Gasteiger partial charge in [-0.2, -0.15) is 4.98 Å². The molecule has 3 heterocycles. The van der Waals surface area contributed by atoms with Gasteiger partial charge in [0.2, 0.25) is 17.6 Å². The zero-order valence-electron chi connectivity index (χ0n) is 16.3. The molecule has 1 saturated carbocycles. The fraction of sp³-hybridized carbons (Fsp3) is 0.632. The third-order valence-corrected chi connectivity index (χ3v) is 5.75. The van der Waals surface area contributed by atoms with Crippen LogP contribution in [0.15, 0.2) is 15.3 Å². The number of aromatic nitrogens is 3. The second-order valence-corrected chi connectivity index (χ2v) is 7.60. The molecular weight excluding hydrogens is 362 g/mol. The Kier molecular flexibility index (Phi) is 5.15. The van der Waals surface area contributed by atoms with Gasteiger partial charge in [0.1, 0.15) is 0 Å². The standard InChI is InChI=1S/C19H25N5O4/c1-12-17(27-11-20-12)19(26)23-8-6-15(10-23)24(13(2)25)9-7-16-21-18(28-22-16)14-4-3-5-14/h11,14-15H,3-10H2,1-2H3. The minimum Gasteiger partial charge on any atom is -0.438 e. The summed E-state index contributed by atoms with van der Waals surface area (Å²) in [5.74, 6) is 1.83. The number of nitrogens with zero attached hydrogens (tertiary/aromatic N) is 5. The number of carbonyl (C=O) groups excluding carboxylic acids is 2. The van der Waals surface area contributed by atoms with E-state index < -0.39 is 0 Å². The highest BCUT2D eigenvalue weighted by molar-refractivity contribution is 5.92. The van der Waals surface area contributed by atoms with Crippen molar-refractivity contribution in [3.05, 3.63) is 29.6 Å². The Morgan fingerprint density at radius 1 is 1.32 bits per heavy atom. The summed E-state index contributed by atoms with van der Waals surface area (Å²) in [5.41, 5.74) is 0.580. The molecule has 0 bridgehead atoms. The molecule has 1 aliphatic carbocycles. The molecule has 4 rings (SSSR count). The molecule has 0 N–H and O–H groups in total. The van der Waals surface area contributed by atoms with Crippen LogP contribution in [-0.2, 0) is 11.2 Å². The summed E-state index contributed by atoms with van der Waals surface area (Å²) < 4.78 is 10.6. The van der Waals surface area contributed by atoms with Gasteiger partial charge in [-0.3, -0.25) is 9.59 Å². The lowest BCUT2D eigenvalue weighted by atomic mass is 9.85. The van der Waals surface area contributed by atoms with Crippen molar-refractivity contribution in [3.63, 3.8) is 0 Å². The summed E-state index contributed by atoms with van der Waals surface area (Å²) in [6.45, 7) is 4.88. The van der Waals surface area contributed by atoms with E-state index in [0.717, 1.165) is 25.2 Å². The summed E-state index contributed by atoms with van der Waals surface area (Å²) in [4.78, 5) is 36.8. The van der Waals surface area contributed by atoms with Gasteiger partial charge in [0.25, 0.3) is 5.91 Å². The second kappa shape index (κ2) is 7.73. The van der Waals surface area contributed by atoms with Crippen molar-refractivity contribution in [2.75, 3.05) is 19.6 Å². The van der Waals surface area contributed by atoms with Gasteiger partial charge in [-0.05, 0) is 26.2 Å². The van der Waals surface area contributed by atoms with Crippen LogP contribution < -0.4 is 0 Å². The predicted molar refractivity (Wildman–Crippen MR) is 97.5 cm³/mol. The van der Waals surface area contributed by atoms with Crippen LogP contribution in [0.3, 0.4) is 0 Å². The van der Waals surface area contributed by atoms with Crippen molar-refractivity contribution < 1.29 is 18.5 Å². The number of rotatable bonds is 6. The molecule has 2 aliphatic rings. The molecule has 0 aromatic carbocycles. The van der Waals surface area contributed by atoms with E-state index in [2.05, 4.69) is 15.1 Å². The summed E-state index contributed by atoms with van der Waals surface area (Å²) in [5, 5.41) is 4.06. The van der Waals surface area contributed by atoms with Gasteiger partial charge < -0.3 is 18.7 Å². The fourth-order valence-corrected chi connectivity index (χ4v) is 3.84. The van der Waals surface area contributed by atoms with Crippen LogP contribution in [0.25, 0.3) is 0 Å². The van der Waals surface area contributed by atoms with Gasteiger partial charge in [-0.1, -0.05) is 11.6 Å². The third kappa shape index (κ3) is 3.65. The first kappa shape index (κ1) is 18.6. The Labute approximate surface area is 163 Å². The summed E-state index contributed by atoms with van der Waals surface area (Å²) >= 11 is 0. The molecule has 2 amide bonds. The van der Waals surface area contributed by atoms with Crippen LogP contribution in [0.5, 0.6) is 0 Å². The van der Waals surface area contributed by atoms with Crippen molar-refractivity contribution >= 4 is 11.8 Å². The van der Waals surface area contributed by atoms with Crippen LogP contribution in [0, 0.1) is 6.92 Å². The number of aryl methyl sites for hydroxylation is 1. The topological polar surface area (TPSA) is 106 Å². The first-order chi connectivity index (χ1) is 13.5. The highest BCUT2D eigenvalue weighted by Crippen LogP contribution is 2.35. The summed E-state index contributed by atoms with van der Waals surface area (Å²) in [7, 11) is 0. The average Bonchev–Trinajstić information content (AvgIpc) is 3.34. The Morgan fingerprint density at radius 3 is 2.79 bits per heavy atom. The maximum atomic E-state index is 12.6. The van der Waals surface area contributed by atoms with E-state index in [1.54, 1.807) is 23.6 Å². The first-order valence-electron chi connectivity index (χ1n) is 9.82. The lowest BCUT2D eigenvalue weighted by Gasteiger charge is -2.27. The lowest BCUT2D eigenvalue weighted by Crippen LogP contribution is -2.42. The van der Waals surface area contributed by atoms with E-state index in [1.165, 1.54) is 12.8 Å². The highest BCUT2D eigenvalue weighted by atomic mass is 16.5. The molecule has 9 heteroatoms. The molecule has 28 heavy (non-hydrogen) atoms. The molecule has 2 fully saturated rings. The normalized spacial score (nSPS) is 19.6. The monoisotopic (exact) mass is 387 g/mol. The Morgan fingerprint density at radius 2 is 2.14 bits per heavy atom. The molecule has 2 aromatic heterocycles. The largest absolute Gasteiger partial charge is 0.438 e. The zero-order chi connectivity index (χ0) is 19.7. The van der Waals surface area contributed by atoms with Crippen molar-refractivity contribution in [2.24, 2.45) is 0 Å². The molecule has 2 aromatic rings. The van der Waals surface area contributed by atoms with E-state index in [-0.39, 0.29) is 23.6 Å². The van der Waals surface area contributed by atoms with Crippen LogP contribution in [-0.4, -0.2) is 62.4 Å². The Bertz CT molecular complexity index is 856. The van der Waals surface area contributed by atoms with Crippen LogP contribution in [0.2, 0.25) is 0 Å². The summed E-state index contributed by atoms with van der Waals surface area (Å²) in [6.07, 6.45) is 5.99. The average molecular weight is 387 g/mol. The van der Waals surface area contributed by atoms with Gasteiger partial charge in [-0.15, -0.1) is 0 Å². The minimum absolute atomic E-state index is 0.0159. The molecular formula is C19H25N5O4. The molecule has 1 aliphatic heterocycles. The predicted octanol–water partition coefficient (Wildman–Crippen LogP) is 1.94. The molecule has 150 valence electrons. The van der Waals surface area contributed by atoms with Gasteiger partial charge in [0.05, 0.1) is 11.7 Å². The number of likely N-dealkylation sites (tertiary alicyclic amines) is 1. The third-order valence-electron chi connectivity index (χ3n) is 5.75. The molecule has 1 unspecified atom stereocenters. The van der Waals surface area contributed by atoms with Crippen molar-refractivity contribution in [1.82, 2.24) is 24.9 Å². The Hall–Kier alpha value is -2.71. The number of carbonyl (C=O) groups is 2. The van der Waals surface area contributed by atoms with Gasteiger partial charge in [0, 0.05) is 38.9 Å².